The summed E-state index contributed by atoms with van der Waals surface area (Å²) in [7, 11) is -4.53. The molecule has 2 amide bonds. The number of carbonyl (C=O) groups is 2. The van der Waals surface area contributed by atoms with Gasteiger partial charge in [0.05, 0.1) is 16.1 Å². The third-order valence-electron chi connectivity index (χ3n) is 6.42. The van der Waals surface area contributed by atoms with Gasteiger partial charge < -0.3 is 10.2 Å². The summed E-state index contributed by atoms with van der Waals surface area (Å²) in [6.45, 7) is 4.31. The van der Waals surface area contributed by atoms with Gasteiger partial charge in [-0.3, -0.25) is 13.9 Å². The zero-order valence-corrected chi connectivity index (χ0v) is 25.4. The van der Waals surface area contributed by atoms with Crippen molar-refractivity contribution in [2.24, 2.45) is 0 Å². The molecular formula is C29H30Cl2F3N3O4S. The van der Waals surface area contributed by atoms with Crippen molar-refractivity contribution in [3.8, 4) is 0 Å². The molecule has 42 heavy (non-hydrogen) atoms. The van der Waals surface area contributed by atoms with Crippen LogP contribution in [0.1, 0.15) is 37.0 Å². The van der Waals surface area contributed by atoms with Crippen molar-refractivity contribution in [3.63, 3.8) is 0 Å². The molecule has 0 saturated carbocycles. The number of benzene rings is 3. The minimum atomic E-state index is -4.76. The number of nitrogens with one attached hydrogen (secondary N) is 1. The lowest BCUT2D eigenvalue weighted by molar-refractivity contribution is -0.139. The van der Waals surface area contributed by atoms with Crippen LogP contribution in [0.15, 0.2) is 71.6 Å². The molecule has 3 aromatic rings. The van der Waals surface area contributed by atoms with E-state index in [1.54, 1.807) is 19.1 Å². The lowest BCUT2D eigenvalue weighted by Crippen LogP contribution is -2.51. The van der Waals surface area contributed by atoms with E-state index in [9.17, 15) is 31.2 Å². The van der Waals surface area contributed by atoms with E-state index in [2.05, 4.69) is 5.32 Å². The number of halogens is 5. The van der Waals surface area contributed by atoms with Gasteiger partial charge in [-0.25, -0.2) is 8.42 Å². The second-order valence-corrected chi connectivity index (χ2v) is 12.3. The van der Waals surface area contributed by atoms with Crippen LogP contribution in [0, 0.1) is 6.92 Å². The monoisotopic (exact) mass is 643 g/mol. The number of carbonyl (C=O) groups excluding carboxylic acids is 2. The molecule has 0 spiro atoms. The van der Waals surface area contributed by atoms with Gasteiger partial charge in [-0.2, -0.15) is 13.2 Å². The Balaban J connectivity index is 2.10. The SMILES string of the molecule is CCCNC(=O)C(C)N(Cc1ccc(Cl)cc1Cl)C(=O)CN(c1cccc(C(F)(F)F)c1)S(=O)(=O)c1ccc(C)cc1. The highest BCUT2D eigenvalue weighted by atomic mass is 35.5. The Labute approximate surface area is 253 Å². The molecule has 0 heterocycles. The van der Waals surface area contributed by atoms with Crippen molar-refractivity contribution in [2.75, 3.05) is 17.4 Å². The van der Waals surface area contributed by atoms with Gasteiger partial charge in [0.25, 0.3) is 10.0 Å². The first kappa shape index (κ1) is 33.2. The molecule has 226 valence electrons. The molecule has 0 bridgehead atoms. The van der Waals surface area contributed by atoms with Gasteiger partial charge in [0.2, 0.25) is 11.8 Å². The van der Waals surface area contributed by atoms with Crippen molar-refractivity contribution in [1.82, 2.24) is 10.2 Å². The largest absolute Gasteiger partial charge is 0.416 e. The minimum Gasteiger partial charge on any atom is -0.354 e. The maximum atomic E-state index is 13.9. The summed E-state index contributed by atoms with van der Waals surface area (Å²) in [5, 5.41) is 3.26. The van der Waals surface area contributed by atoms with Crippen LogP contribution in [0.25, 0.3) is 0 Å². The highest BCUT2D eigenvalue weighted by Gasteiger charge is 2.35. The predicted octanol–water partition coefficient (Wildman–Crippen LogP) is 6.46. The summed E-state index contributed by atoms with van der Waals surface area (Å²) < 4.78 is 69.0. The number of aryl methyl sites for hydroxylation is 1. The topological polar surface area (TPSA) is 86.8 Å². The Morgan fingerprint density at radius 1 is 1.00 bits per heavy atom. The molecule has 3 aromatic carbocycles. The molecule has 0 fully saturated rings. The zero-order chi connectivity index (χ0) is 31.2. The minimum absolute atomic E-state index is 0.198. The Hall–Kier alpha value is -3.28. The number of hydrogen-bond donors (Lipinski definition) is 1. The molecule has 0 saturated heterocycles. The lowest BCUT2D eigenvalue weighted by Gasteiger charge is -2.32. The highest BCUT2D eigenvalue weighted by molar-refractivity contribution is 7.92. The average Bonchev–Trinajstić information content (AvgIpc) is 2.93. The van der Waals surface area contributed by atoms with Crippen LogP contribution in [-0.4, -0.2) is 44.3 Å². The summed E-state index contributed by atoms with van der Waals surface area (Å²) in [5.41, 5.74) is -0.273. The third kappa shape index (κ3) is 8.17. The van der Waals surface area contributed by atoms with E-state index < -0.39 is 46.2 Å². The molecule has 0 aliphatic heterocycles. The lowest BCUT2D eigenvalue weighted by atomic mass is 10.1. The number of alkyl halides is 3. The van der Waals surface area contributed by atoms with E-state index >= 15 is 0 Å². The Morgan fingerprint density at radius 2 is 1.67 bits per heavy atom. The van der Waals surface area contributed by atoms with Gasteiger partial charge >= 0.3 is 6.18 Å². The molecule has 1 atom stereocenters. The molecule has 13 heteroatoms. The van der Waals surface area contributed by atoms with E-state index in [1.807, 2.05) is 6.92 Å². The second kappa shape index (κ2) is 13.8. The standard InChI is InChI=1S/C29H30Cl2F3N3O4S/c1-4-14-35-28(39)20(3)36(17-21-10-11-23(30)16-26(21)31)27(38)18-37(24-7-5-6-22(15-24)29(32,33)34)42(40,41)25-12-8-19(2)9-13-25/h5-13,15-16,20H,4,14,17-18H2,1-3H3,(H,35,39). The van der Waals surface area contributed by atoms with Crippen LogP contribution in [0.5, 0.6) is 0 Å². The highest BCUT2D eigenvalue weighted by Crippen LogP contribution is 2.33. The number of anilines is 1. The van der Waals surface area contributed by atoms with Crippen LogP contribution in [0.2, 0.25) is 10.0 Å². The summed E-state index contributed by atoms with van der Waals surface area (Å²) >= 11 is 12.3. The molecule has 1 unspecified atom stereocenters. The fraction of sp³-hybridized carbons (Fsp3) is 0.310. The smallest absolute Gasteiger partial charge is 0.354 e. The third-order valence-corrected chi connectivity index (χ3v) is 8.80. The number of nitrogens with zero attached hydrogens (tertiary/aromatic N) is 2. The fourth-order valence-corrected chi connectivity index (χ4v) is 5.89. The van der Waals surface area contributed by atoms with Gasteiger partial charge in [0.15, 0.2) is 0 Å². The van der Waals surface area contributed by atoms with Crippen molar-refractivity contribution in [1.29, 1.82) is 0 Å². The molecule has 0 aliphatic carbocycles. The van der Waals surface area contributed by atoms with E-state index in [4.69, 9.17) is 23.2 Å². The van der Waals surface area contributed by atoms with Gasteiger partial charge in [-0.1, -0.05) is 60.0 Å². The maximum absolute atomic E-state index is 13.9. The Kier molecular flexibility index (Phi) is 10.9. The van der Waals surface area contributed by atoms with Crippen LogP contribution < -0.4 is 9.62 Å². The summed E-state index contributed by atoms with van der Waals surface area (Å²) in [6, 6.07) is 12.9. The average molecular weight is 645 g/mol. The van der Waals surface area contributed by atoms with E-state index in [0.29, 0.717) is 33.9 Å². The van der Waals surface area contributed by atoms with Gasteiger partial charge in [-0.15, -0.1) is 0 Å². The summed E-state index contributed by atoms with van der Waals surface area (Å²) in [5.74, 6) is -1.34. The predicted molar refractivity (Wildman–Crippen MR) is 157 cm³/mol. The van der Waals surface area contributed by atoms with Crippen molar-refractivity contribution < 1.29 is 31.2 Å². The van der Waals surface area contributed by atoms with Crippen molar-refractivity contribution in [3.05, 3.63) is 93.5 Å². The van der Waals surface area contributed by atoms with Crippen molar-refractivity contribution in [2.45, 2.75) is 50.9 Å². The zero-order valence-electron chi connectivity index (χ0n) is 23.1. The van der Waals surface area contributed by atoms with E-state index in [1.165, 1.54) is 43.3 Å². The number of rotatable bonds is 11. The Morgan fingerprint density at radius 3 is 2.26 bits per heavy atom. The van der Waals surface area contributed by atoms with Gasteiger partial charge in [0, 0.05) is 23.1 Å². The molecular weight excluding hydrogens is 614 g/mol. The van der Waals surface area contributed by atoms with Crippen LogP contribution >= 0.6 is 23.2 Å². The number of amides is 2. The first-order valence-corrected chi connectivity index (χ1v) is 15.1. The molecule has 3 rings (SSSR count). The molecule has 1 N–H and O–H groups in total. The fourth-order valence-electron chi connectivity index (χ4n) is 4.02. The first-order valence-electron chi connectivity index (χ1n) is 12.9. The molecule has 7 nitrogen and oxygen atoms in total. The second-order valence-electron chi connectivity index (χ2n) is 9.60. The van der Waals surface area contributed by atoms with Crippen LogP contribution in [0.3, 0.4) is 0 Å². The Bertz CT molecular complexity index is 1530. The number of sulfonamides is 1. The van der Waals surface area contributed by atoms with Crippen LogP contribution in [0.4, 0.5) is 18.9 Å². The molecule has 0 radical (unpaired) electrons. The number of hydrogen-bond acceptors (Lipinski definition) is 4. The molecule has 0 aromatic heterocycles. The maximum Gasteiger partial charge on any atom is 0.416 e. The van der Waals surface area contributed by atoms with E-state index in [0.717, 1.165) is 22.6 Å². The quantitative estimate of drug-likeness (QED) is 0.260. The van der Waals surface area contributed by atoms with Gasteiger partial charge in [-0.05, 0) is 68.3 Å². The van der Waals surface area contributed by atoms with E-state index in [-0.39, 0.29) is 22.2 Å². The summed E-state index contributed by atoms with van der Waals surface area (Å²) in [4.78, 5) is 27.7. The summed E-state index contributed by atoms with van der Waals surface area (Å²) in [6.07, 6.45) is -4.13. The normalized spacial score (nSPS) is 12.5. The van der Waals surface area contributed by atoms with Crippen LogP contribution in [-0.2, 0) is 32.3 Å². The first-order chi connectivity index (χ1) is 19.6. The molecule has 0 aliphatic rings. The van der Waals surface area contributed by atoms with Crippen molar-refractivity contribution >= 4 is 50.7 Å². The van der Waals surface area contributed by atoms with Gasteiger partial charge in [0.1, 0.15) is 12.6 Å².